The highest BCUT2D eigenvalue weighted by atomic mass is 19.3. The van der Waals surface area contributed by atoms with Crippen LogP contribution in [0.2, 0.25) is 0 Å². The van der Waals surface area contributed by atoms with Gasteiger partial charge in [0, 0.05) is 25.1 Å². The summed E-state index contributed by atoms with van der Waals surface area (Å²) in [4.78, 5) is 42.9. The number of hydrogen-bond acceptors (Lipinski definition) is 9. The highest BCUT2D eigenvalue weighted by Crippen LogP contribution is 2.35. The molecular weight excluding hydrogens is 612 g/mol. The van der Waals surface area contributed by atoms with Crippen LogP contribution in [-0.2, 0) is 11.3 Å². The number of halogens is 4. The van der Waals surface area contributed by atoms with Gasteiger partial charge in [0.15, 0.2) is 22.8 Å². The fraction of sp³-hybridized carbons (Fsp3) is 0.400. The van der Waals surface area contributed by atoms with Crippen molar-refractivity contribution in [1.82, 2.24) is 29.8 Å². The number of nitrogens with one attached hydrogen (secondary N) is 1. The van der Waals surface area contributed by atoms with Crippen LogP contribution in [0.15, 0.2) is 43.1 Å². The first-order valence-electron chi connectivity index (χ1n) is 14.3. The van der Waals surface area contributed by atoms with Crippen molar-refractivity contribution in [1.29, 1.82) is 0 Å². The number of piperidine rings is 1. The number of fused-ring (bicyclic) bond motifs is 1. The first kappa shape index (κ1) is 32.4. The molecule has 12 nitrogen and oxygen atoms in total. The third kappa shape index (κ3) is 7.43. The number of benzene rings is 1. The monoisotopic (exact) mass is 644 g/mol. The first-order valence-corrected chi connectivity index (χ1v) is 14.3. The van der Waals surface area contributed by atoms with Crippen molar-refractivity contribution in [2.24, 2.45) is 5.73 Å². The highest BCUT2D eigenvalue weighted by molar-refractivity contribution is 5.80. The maximum Gasteiger partial charge on any atom is 0.411 e. The van der Waals surface area contributed by atoms with Gasteiger partial charge in [-0.1, -0.05) is 0 Å². The zero-order valence-electron chi connectivity index (χ0n) is 25.3. The number of pyridine rings is 1. The molecule has 3 aromatic heterocycles. The molecule has 0 saturated carbocycles. The molecule has 1 atom stereocenters. The topological polar surface area (TPSA) is 150 Å². The average Bonchev–Trinajstić information content (AvgIpc) is 3.36. The van der Waals surface area contributed by atoms with Crippen molar-refractivity contribution >= 4 is 29.0 Å². The highest BCUT2D eigenvalue weighted by Gasteiger charge is 2.41. The number of anilines is 1. The molecule has 3 N–H and O–H groups in total. The lowest BCUT2D eigenvalue weighted by Gasteiger charge is -2.44. The lowest BCUT2D eigenvalue weighted by Crippen LogP contribution is -2.60. The number of amides is 2. The van der Waals surface area contributed by atoms with Crippen molar-refractivity contribution < 1.29 is 36.6 Å². The smallest absolute Gasteiger partial charge is 0.411 e. The molecule has 5 rings (SSSR count). The molecule has 4 heterocycles. The predicted octanol–water partition coefficient (Wildman–Crippen LogP) is 5.19. The summed E-state index contributed by atoms with van der Waals surface area (Å²) in [6, 6.07) is 5.07. The number of nitrogens with two attached hydrogens (primary N) is 1. The van der Waals surface area contributed by atoms with Gasteiger partial charge in [-0.15, -0.1) is 0 Å². The van der Waals surface area contributed by atoms with Crippen LogP contribution in [0.3, 0.4) is 0 Å². The zero-order chi connectivity index (χ0) is 33.2. The maximum atomic E-state index is 14.2. The minimum atomic E-state index is -2.71. The lowest BCUT2D eigenvalue weighted by atomic mass is 9.85. The quantitative estimate of drug-likeness (QED) is 0.247. The van der Waals surface area contributed by atoms with Gasteiger partial charge in [0.2, 0.25) is 6.43 Å². The van der Waals surface area contributed by atoms with Crippen LogP contribution in [0.25, 0.3) is 22.4 Å². The van der Waals surface area contributed by atoms with Gasteiger partial charge in [0.1, 0.15) is 11.9 Å². The number of aromatic nitrogens is 5. The number of primary amides is 1. The molecule has 4 aromatic rings. The van der Waals surface area contributed by atoms with E-state index in [1.54, 1.807) is 31.4 Å². The summed E-state index contributed by atoms with van der Waals surface area (Å²) in [6.07, 6.45) is -0.327. The second-order valence-corrected chi connectivity index (χ2v) is 12.0. The van der Waals surface area contributed by atoms with Crippen LogP contribution in [0.1, 0.15) is 45.6 Å². The van der Waals surface area contributed by atoms with Crippen LogP contribution in [0.5, 0.6) is 5.88 Å². The third-order valence-corrected chi connectivity index (χ3v) is 7.32. The fourth-order valence-electron chi connectivity index (χ4n) is 5.52. The van der Waals surface area contributed by atoms with Crippen molar-refractivity contribution in [3.8, 4) is 17.1 Å². The van der Waals surface area contributed by atoms with Gasteiger partial charge in [0.05, 0.1) is 36.0 Å². The summed E-state index contributed by atoms with van der Waals surface area (Å²) in [6.45, 7) is 5.60. The van der Waals surface area contributed by atoms with Crippen molar-refractivity contribution in [3.63, 3.8) is 0 Å². The third-order valence-electron chi connectivity index (χ3n) is 7.32. The average molecular weight is 645 g/mol. The Balaban J connectivity index is 1.55. The number of rotatable bonds is 8. The number of ether oxygens (including phenoxy) is 2. The first-order chi connectivity index (χ1) is 21.7. The van der Waals surface area contributed by atoms with Crippen molar-refractivity contribution in [3.05, 3.63) is 60.3 Å². The zero-order valence-corrected chi connectivity index (χ0v) is 25.3. The Kier molecular flexibility index (Phi) is 8.99. The Bertz CT molecular complexity index is 1760. The fourth-order valence-corrected chi connectivity index (χ4v) is 5.52. The molecule has 244 valence electrons. The molecule has 1 aromatic carbocycles. The van der Waals surface area contributed by atoms with E-state index < -0.39 is 47.8 Å². The minimum Gasteiger partial charge on any atom is -0.444 e. The standard InChI is InChI=1S/C30H32F4N8O4/c1-29(2,3)46-28(44)40-30(11-23(33)34)7-4-8-41(14-30)22-12-36-21(17-5-6-19(31)20(32)9-17)10-18(22)13-42-16-39-24-25(42)37-15-38-26(24)45-27(35)43/h5-6,9-10,12,15-16,23H,4,7-8,11,13-14H2,1-3H3,(H2,35,43)(H,40,44). The summed E-state index contributed by atoms with van der Waals surface area (Å²) in [5.74, 6) is -2.21. The van der Waals surface area contributed by atoms with E-state index in [2.05, 4.69) is 25.3 Å². The number of carbonyl (C=O) groups excluding carboxylic acids is 2. The van der Waals surface area contributed by atoms with Gasteiger partial charge in [-0.3, -0.25) is 4.98 Å². The summed E-state index contributed by atoms with van der Waals surface area (Å²) >= 11 is 0. The molecule has 16 heteroatoms. The Morgan fingerprint density at radius 3 is 2.59 bits per heavy atom. The van der Waals surface area contributed by atoms with Gasteiger partial charge in [-0.25, -0.2) is 37.1 Å². The maximum absolute atomic E-state index is 14.2. The number of nitrogens with zero attached hydrogens (tertiary/aromatic N) is 6. The van der Waals surface area contributed by atoms with Crippen molar-refractivity contribution in [2.45, 2.75) is 64.1 Å². The van der Waals surface area contributed by atoms with E-state index >= 15 is 0 Å². The predicted molar refractivity (Wildman–Crippen MR) is 158 cm³/mol. The molecule has 2 amide bonds. The normalized spacial score (nSPS) is 16.9. The molecule has 0 spiro atoms. The SMILES string of the molecule is CC(C)(C)OC(=O)NC1(CC(F)F)CCCN(c2cnc(-c3ccc(F)c(F)c3)cc2Cn2cnc3c(OC(N)=O)ncnc32)C1. The van der Waals surface area contributed by atoms with Crippen molar-refractivity contribution in [2.75, 3.05) is 18.0 Å². The largest absolute Gasteiger partial charge is 0.444 e. The van der Waals surface area contributed by atoms with Gasteiger partial charge in [-0.2, -0.15) is 4.98 Å². The molecule has 0 bridgehead atoms. The van der Waals surface area contributed by atoms with E-state index in [4.69, 9.17) is 15.2 Å². The second-order valence-electron chi connectivity index (χ2n) is 12.0. The molecule has 1 aliphatic rings. The number of hydrogen-bond donors (Lipinski definition) is 2. The number of carbonyl (C=O) groups is 2. The van der Waals surface area contributed by atoms with Crippen LogP contribution < -0.4 is 20.7 Å². The summed E-state index contributed by atoms with van der Waals surface area (Å²) in [5.41, 5.74) is 5.21. The number of imidazole rings is 1. The van der Waals surface area contributed by atoms with Crippen LogP contribution in [0.4, 0.5) is 32.8 Å². The van der Waals surface area contributed by atoms with E-state index in [1.165, 1.54) is 24.9 Å². The molecule has 1 fully saturated rings. The van der Waals surface area contributed by atoms with Gasteiger partial charge >= 0.3 is 12.2 Å². The van der Waals surface area contributed by atoms with E-state index in [-0.39, 0.29) is 30.9 Å². The Morgan fingerprint density at radius 1 is 1.11 bits per heavy atom. The molecule has 0 radical (unpaired) electrons. The molecular formula is C30H32F4N8O4. The van der Waals surface area contributed by atoms with Gasteiger partial charge in [-0.05, 0) is 63.4 Å². The molecule has 1 unspecified atom stereocenters. The van der Waals surface area contributed by atoms with E-state index in [1.807, 2.05) is 4.90 Å². The summed E-state index contributed by atoms with van der Waals surface area (Å²) in [5, 5.41) is 2.72. The minimum absolute atomic E-state index is 0.0131. The lowest BCUT2D eigenvalue weighted by molar-refractivity contribution is 0.0344. The summed E-state index contributed by atoms with van der Waals surface area (Å²) < 4.78 is 67.7. The number of alkyl halides is 2. The molecule has 0 aliphatic carbocycles. The summed E-state index contributed by atoms with van der Waals surface area (Å²) in [7, 11) is 0. The van der Waals surface area contributed by atoms with Crippen LogP contribution in [0, 0.1) is 11.6 Å². The van der Waals surface area contributed by atoms with E-state index in [0.29, 0.717) is 41.1 Å². The molecule has 46 heavy (non-hydrogen) atoms. The van der Waals surface area contributed by atoms with E-state index in [9.17, 15) is 27.2 Å². The Labute approximate surface area is 260 Å². The molecule has 1 saturated heterocycles. The Morgan fingerprint density at radius 2 is 1.89 bits per heavy atom. The van der Waals surface area contributed by atoms with E-state index in [0.717, 1.165) is 12.1 Å². The molecule has 1 aliphatic heterocycles. The Hall–Kier alpha value is -5.02. The van der Waals surface area contributed by atoms with Gasteiger partial charge in [0.25, 0.3) is 5.88 Å². The van der Waals surface area contributed by atoms with Crippen LogP contribution >= 0.6 is 0 Å². The van der Waals surface area contributed by atoms with Crippen LogP contribution in [-0.4, -0.2) is 67.3 Å². The second kappa shape index (κ2) is 12.8. The number of alkyl carbamates (subject to hydrolysis) is 1. The van der Waals surface area contributed by atoms with Gasteiger partial charge < -0.3 is 30.0 Å².